The van der Waals surface area contributed by atoms with E-state index in [0.717, 1.165) is 44.2 Å². The molecule has 1 aromatic rings. The Kier molecular flexibility index (Phi) is 7.15. The van der Waals surface area contributed by atoms with Crippen LogP contribution in [0.5, 0.6) is 0 Å². The lowest BCUT2D eigenvalue weighted by Crippen LogP contribution is -2.10. The van der Waals surface area contributed by atoms with Gasteiger partial charge in [0.2, 0.25) is 0 Å². The summed E-state index contributed by atoms with van der Waals surface area (Å²) in [7, 11) is 0. The number of aromatic nitrogens is 1. The molecule has 0 unspecified atom stereocenters. The van der Waals surface area contributed by atoms with Crippen LogP contribution in [0.25, 0.3) is 0 Å². The molecular formula is C15H19ClF3NO. The Morgan fingerprint density at radius 3 is 2.33 bits per heavy atom. The lowest BCUT2D eigenvalue weighted by atomic mass is 10.0. The van der Waals surface area contributed by atoms with E-state index < -0.39 is 11.9 Å². The van der Waals surface area contributed by atoms with Crippen molar-refractivity contribution in [2.45, 2.75) is 58.0 Å². The van der Waals surface area contributed by atoms with Crippen LogP contribution in [0, 0.1) is 0 Å². The summed E-state index contributed by atoms with van der Waals surface area (Å²) in [6.45, 7) is 2.13. The zero-order valence-corrected chi connectivity index (χ0v) is 12.7. The first kappa shape index (κ1) is 18.0. The van der Waals surface area contributed by atoms with Crippen LogP contribution in [0.4, 0.5) is 13.2 Å². The van der Waals surface area contributed by atoms with Crippen molar-refractivity contribution in [3.63, 3.8) is 0 Å². The van der Waals surface area contributed by atoms with Gasteiger partial charge in [-0.05, 0) is 18.6 Å². The summed E-state index contributed by atoms with van der Waals surface area (Å²) in [4.78, 5) is 15.2. The van der Waals surface area contributed by atoms with Gasteiger partial charge in [0.1, 0.15) is 10.8 Å². The first-order chi connectivity index (χ1) is 9.86. The average Bonchev–Trinajstić information content (AvgIpc) is 2.41. The highest BCUT2D eigenvalue weighted by atomic mass is 35.5. The number of rotatable bonds is 8. The van der Waals surface area contributed by atoms with Gasteiger partial charge in [-0.25, -0.2) is 4.98 Å². The summed E-state index contributed by atoms with van der Waals surface area (Å²) in [5, 5.41) is -0.374. The second kappa shape index (κ2) is 8.37. The standard InChI is InChI=1S/C15H19ClF3NO/c1-2-3-4-5-6-7-8-12(21)11-9-10-13(15(17,18)19)20-14(11)16/h9-10H,2-8H2,1H3. The van der Waals surface area contributed by atoms with Crippen LogP contribution in [-0.4, -0.2) is 10.8 Å². The van der Waals surface area contributed by atoms with Crippen molar-refractivity contribution in [1.29, 1.82) is 0 Å². The van der Waals surface area contributed by atoms with Gasteiger partial charge in [0, 0.05) is 6.42 Å². The van der Waals surface area contributed by atoms with E-state index in [1.165, 1.54) is 6.42 Å². The van der Waals surface area contributed by atoms with Crippen molar-refractivity contribution >= 4 is 17.4 Å². The topological polar surface area (TPSA) is 30.0 Å². The minimum absolute atomic E-state index is 0.0678. The molecule has 0 spiro atoms. The highest BCUT2D eigenvalue weighted by Crippen LogP contribution is 2.29. The Bertz CT molecular complexity index is 474. The number of unbranched alkanes of at least 4 members (excludes halogenated alkanes) is 5. The molecule has 1 heterocycles. The Balaban J connectivity index is 2.51. The average molecular weight is 322 g/mol. The fourth-order valence-electron chi connectivity index (χ4n) is 2.00. The van der Waals surface area contributed by atoms with E-state index >= 15 is 0 Å². The number of Topliss-reactive ketones (excluding diaryl/α,β-unsaturated/α-hetero) is 1. The SMILES string of the molecule is CCCCCCCCC(=O)c1ccc(C(F)(F)F)nc1Cl. The minimum Gasteiger partial charge on any atom is -0.294 e. The molecule has 0 N–H and O–H groups in total. The van der Waals surface area contributed by atoms with Crippen LogP contribution in [0.15, 0.2) is 12.1 Å². The molecule has 0 amide bonds. The number of hydrogen-bond acceptors (Lipinski definition) is 2. The highest BCUT2D eigenvalue weighted by Gasteiger charge is 2.33. The van der Waals surface area contributed by atoms with Crippen LogP contribution < -0.4 is 0 Å². The molecule has 0 aliphatic heterocycles. The van der Waals surface area contributed by atoms with Crippen molar-refractivity contribution in [3.05, 3.63) is 28.5 Å². The summed E-state index contributed by atoms with van der Waals surface area (Å²) < 4.78 is 37.3. The van der Waals surface area contributed by atoms with Crippen LogP contribution in [-0.2, 0) is 6.18 Å². The Morgan fingerprint density at radius 2 is 1.76 bits per heavy atom. The van der Waals surface area contributed by atoms with Crippen molar-refractivity contribution < 1.29 is 18.0 Å². The molecule has 0 bridgehead atoms. The first-order valence-electron chi connectivity index (χ1n) is 7.13. The van der Waals surface area contributed by atoms with Crippen molar-refractivity contribution in [1.82, 2.24) is 4.98 Å². The van der Waals surface area contributed by atoms with Gasteiger partial charge >= 0.3 is 6.18 Å². The van der Waals surface area contributed by atoms with Crippen molar-refractivity contribution in [2.24, 2.45) is 0 Å². The van der Waals surface area contributed by atoms with Crippen molar-refractivity contribution in [2.75, 3.05) is 0 Å². The van der Waals surface area contributed by atoms with E-state index in [4.69, 9.17) is 11.6 Å². The number of pyridine rings is 1. The summed E-state index contributed by atoms with van der Waals surface area (Å²) in [6, 6.07) is 1.90. The third-order valence-corrected chi connectivity index (χ3v) is 3.49. The van der Waals surface area contributed by atoms with E-state index in [1.54, 1.807) is 0 Å². The number of carbonyl (C=O) groups is 1. The number of hydrogen-bond donors (Lipinski definition) is 0. The fourth-order valence-corrected chi connectivity index (χ4v) is 2.26. The number of ketones is 1. The molecule has 0 radical (unpaired) electrons. The first-order valence-corrected chi connectivity index (χ1v) is 7.51. The zero-order valence-electron chi connectivity index (χ0n) is 12.0. The molecule has 0 aromatic carbocycles. The normalized spacial score (nSPS) is 11.7. The van der Waals surface area contributed by atoms with Gasteiger partial charge in [-0.3, -0.25) is 4.79 Å². The van der Waals surface area contributed by atoms with Gasteiger partial charge in [-0.15, -0.1) is 0 Å². The van der Waals surface area contributed by atoms with Crippen molar-refractivity contribution in [3.8, 4) is 0 Å². The Hall–Kier alpha value is -1.10. The molecular weight excluding hydrogens is 303 g/mol. The predicted molar refractivity (Wildman–Crippen MR) is 76.6 cm³/mol. The summed E-state index contributed by atoms with van der Waals surface area (Å²) in [5.74, 6) is -0.253. The summed E-state index contributed by atoms with van der Waals surface area (Å²) >= 11 is 5.68. The van der Waals surface area contributed by atoms with Gasteiger partial charge in [0.15, 0.2) is 5.78 Å². The quantitative estimate of drug-likeness (QED) is 0.350. The van der Waals surface area contributed by atoms with Crippen LogP contribution >= 0.6 is 11.6 Å². The van der Waals surface area contributed by atoms with E-state index in [1.807, 2.05) is 0 Å². The maximum Gasteiger partial charge on any atom is 0.433 e. The molecule has 1 aromatic heterocycles. The second-order valence-electron chi connectivity index (χ2n) is 4.97. The van der Waals surface area contributed by atoms with Gasteiger partial charge in [0.05, 0.1) is 5.56 Å². The summed E-state index contributed by atoms with van der Waals surface area (Å²) in [5.41, 5.74) is -1.01. The minimum atomic E-state index is -4.55. The molecule has 0 saturated heterocycles. The third-order valence-electron chi connectivity index (χ3n) is 3.20. The molecule has 0 atom stereocenters. The lowest BCUT2D eigenvalue weighted by Gasteiger charge is -2.08. The highest BCUT2D eigenvalue weighted by molar-refractivity contribution is 6.32. The zero-order chi connectivity index (χ0) is 15.9. The second-order valence-corrected chi connectivity index (χ2v) is 5.33. The van der Waals surface area contributed by atoms with Gasteiger partial charge in [-0.1, -0.05) is 50.6 Å². The molecule has 0 saturated carbocycles. The predicted octanol–water partition coefficient (Wildman–Crippen LogP) is 5.69. The largest absolute Gasteiger partial charge is 0.433 e. The summed E-state index contributed by atoms with van der Waals surface area (Å²) in [6.07, 6.45) is 1.96. The van der Waals surface area contributed by atoms with Crippen LogP contribution in [0.1, 0.15) is 67.9 Å². The van der Waals surface area contributed by atoms with E-state index in [-0.39, 0.29) is 16.5 Å². The number of carbonyl (C=O) groups excluding carboxylic acids is 1. The smallest absolute Gasteiger partial charge is 0.294 e. The number of nitrogens with zero attached hydrogens (tertiary/aromatic N) is 1. The van der Waals surface area contributed by atoms with Gasteiger partial charge in [-0.2, -0.15) is 13.2 Å². The van der Waals surface area contributed by atoms with Crippen LogP contribution in [0.3, 0.4) is 0 Å². The molecule has 21 heavy (non-hydrogen) atoms. The van der Waals surface area contributed by atoms with Gasteiger partial charge < -0.3 is 0 Å². The molecule has 0 fully saturated rings. The van der Waals surface area contributed by atoms with Crippen LogP contribution in [0.2, 0.25) is 5.15 Å². The number of alkyl halides is 3. The molecule has 118 valence electrons. The Morgan fingerprint density at radius 1 is 1.14 bits per heavy atom. The Labute approximate surface area is 127 Å². The number of halogens is 4. The molecule has 0 aliphatic rings. The maximum atomic E-state index is 12.4. The third kappa shape index (κ3) is 6.04. The molecule has 1 rings (SSSR count). The van der Waals surface area contributed by atoms with E-state index in [2.05, 4.69) is 11.9 Å². The van der Waals surface area contributed by atoms with E-state index in [0.29, 0.717) is 6.42 Å². The molecule has 2 nitrogen and oxygen atoms in total. The van der Waals surface area contributed by atoms with E-state index in [9.17, 15) is 18.0 Å². The van der Waals surface area contributed by atoms with Gasteiger partial charge in [0.25, 0.3) is 0 Å². The molecule has 6 heteroatoms. The fraction of sp³-hybridized carbons (Fsp3) is 0.600. The maximum absolute atomic E-state index is 12.4. The molecule has 0 aliphatic carbocycles. The monoisotopic (exact) mass is 321 g/mol. The lowest BCUT2D eigenvalue weighted by molar-refractivity contribution is -0.141.